The molecule has 0 saturated heterocycles. The van der Waals surface area contributed by atoms with Crippen LogP contribution >= 0.6 is 0 Å². The Morgan fingerprint density at radius 3 is 3.08 bits per heavy atom. The second-order valence-electron chi connectivity index (χ2n) is 2.21. The maximum Gasteiger partial charge on any atom is 0.384 e. The monoisotopic (exact) mass is 179 g/mol. The van der Waals surface area contributed by atoms with Crippen LogP contribution in [0.15, 0.2) is 6.20 Å². The minimum atomic E-state index is -0.538. The van der Waals surface area contributed by atoms with Crippen LogP contribution in [-0.4, -0.2) is 27.6 Å². The minimum Gasteiger partial charge on any atom is -0.456 e. The lowest BCUT2D eigenvalue weighted by Crippen LogP contribution is -2.00. The summed E-state index contributed by atoms with van der Waals surface area (Å²) in [6, 6.07) is 0. The van der Waals surface area contributed by atoms with Gasteiger partial charge in [0.25, 0.3) is 0 Å². The number of hydrogen-bond acceptors (Lipinski definition) is 4. The first-order chi connectivity index (χ1) is 6.24. The third-order valence-corrected chi connectivity index (χ3v) is 1.28. The third-order valence-electron chi connectivity index (χ3n) is 1.28. The zero-order valence-electron chi connectivity index (χ0n) is 7.44. The zero-order chi connectivity index (χ0) is 9.68. The van der Waals surface area contributed by atoms with Crippen LogP contribution in [0.5, 0.6) is 0 Å². The van der Waals surface area contributed by atoms with Crippen molar-refractivity contribution in [3.05, 3.63) is 11.9 Å². The van der Waals surface area contributed by atoms with Crippen LogP contribution in [0.2, 0.25) is 0 Å². The molecule has 1 heterocycles. The molecule has 0 bridgehead atoms. The van der Waals surface area contributed by atoms with Crippen molar-refractivity contribution in [2.45, 2.75) is 6.92 Å². The van der Waals surface area contributed by atoms with Gasteiger partial charge in [-0.25, -0.2) is 9.48 Å². The van der Waals surface area contributed by atoms with Crippen molar-refractivity contribution in [1.82, 2.24) is 15.0 Å². The van der Waals surface area contributed by atoms with Crippen molar-refractivity contribution in [2.24, 2.45) is 7.05 Å². The van der Waals surface area contributed by atoms with Crippen molar-refractivity contribution in [1.29, 1.82) is 0 Å². The number of esters is 1. The number of hydrogen-bond donors (Lipinski definition) is 0. The van der Waals surface area contributed by atoms with Gasteiger partial charge in [0.05, 0.1) is 12.8 Å². The van der Waals surface area contributed by atoms with Gasteiger partial charge in [-0.15, -0.1) is 5.10 Å². The Morgan fingerprint density at radius 1 is 1.77 bits per heavy atom. The first-order valence-electron chi connectivity index (χ1n) is 3.77. The molecule has 0 unspecified atom stereocenters. The van der Waals surface area contributed by atoms with Gasteiger partial charge < -0.3 is 4.74 Å². The average Bonchev–Trinajstić information content (AvgIpc) is 2.48. The molecule has 13 heavy (non-hydrogen) atoms. The van der Waals surface area contributed by atoms with E-state index in [-0.39, 0.29) is 0 Å². The molecule has 0 spiro atoms. The van der Waals surface area contributed by atoms with Gasteiger partial charge >= 0.3 is 5.97 Å². The van der Waals surface area contributed by atoms with Gasteiger partial charge in [-0.05, 0) is 12.8 Å². The van der Waals surface area contributed by atoms with E-state index in [0.717, 1.165) is 0 Å². The van der Waals surface area contributed by atoms with E-state index in [1.807, 2.05) is 0 Å². The van der Waals surface area contributed by atoms with Crippen LogP contribution in [0.25, 0.3) is 0 Å². The fraction of sp³-hybridized carbons (Fsp3) is 0.375. The van der Waals surface area contributed by atoms with Crippen molar-refractivity contribution < 1.29 is 9.53 Å². The summed E-state index contributed by atoms with van der Waals surface area (Å²) < 4.78 is 6.10. The van der Waals surface area contributed by atoms with Gasteiger partial charge in [-0.1, -0.05) is 5.21 Å². The lowest BCUT2D eigenvalue weighted by molar-refractivity contribution is -0.136. The Kier molecular flexibility index (Phi) is 3.03. The Hall–Kier alpha value is -1.83. The normalized spacial score (nSPS) is 8.77. The fourth-order valence-electron chi connectivity index (χ4n) is 0.685. The molecule has 1 aromatic heterocycles. The summed E-state index contributed by atoms with van der Waals surface area (Å²) in [5, 5.41) is 7.26. The highest BCUT2D eigenvalue weighted by Gasteiger charge is 1.96. The van der Waals surface area contributed by atoms with E-state index in [9.17, 15) is 4.79 Å². The molecule has 0 aliphatic heterocycles. The molecular weight excluding hydrogens is 170 g/mol. The standard InChI is InChI=1S/C8H9N3O2/c1-3-13-8(12)5-4-7-6-9-10-11(7)2/h6H,3H2,1-2H3. The number of carbonyl (C=O) groups excluding carboxylic acids is 1. The fourth-order valence-corrected chi connectivity index (χ4v) is 0.685. The van der Waals surface area contributed by atoms with Crippen LogP contribution in [0, 0.1) is 11.8 Å². The topological polar surface area (TPSA) is 57.0 Å². The van der Waals surface area contributed by atoms with Crippen LogP contribution in [0.4, 0.5) is 0 Å². The number of aromatic nitrogens is 3. The minimum absolute atomic E-state index is 0.331. The quantitative estimate of drug-likeness (QED) is 0.440. The summed E-state index contributed by atoms with van der Waals surface area (Å²) in [5.41, 5.74) is 0.577. The summed E-state index contributed by atoms with van der Waals surface area (Å²) in [7, 11) is 1.70. The molecule has 5 nitrogen and oxygen atoms in total. The van der Waals surface area contributed by atoms with Gasteiger partial charge in [0.1, 0.15) is 5.69 Å². The van der Waals surface area contributed by atoms with Gasteiger partial charge in [0.15, 0.2) is 0 Å². The predicted octanol–water partition coefficient (Wildman–Crippen LogP) is -0.270. The maximum absolute atomic E-state index is 10.8. The van der Waals surface area contributed by atoms with E-state index in [0.29, 0.717) is 12.3 Å². The molecule has 0 N–H and O–H groups in total. The van der Waals surface area contributed by atoms with E-state index >= 15 is 0 Å². The first-order valence-corrected chi connectivity index (χ1v) is 3.77. The van der Waals surface area contributed by atoms with Crippen molar-refractivity contribution >= 4 is 5.97 Å². The molecule has 0 amide bonds. The highest BCUT2D eigenvalue weighted by atomic mass is 16.5. The van der Waals surface area contributed by atoms with Crippen molar-refractivity contribution in [3.63, 3.8) is 0 Å². The number of ether oxygens (including phenoxy) is 1. The molecule has 0 saturated carbocycles. The molecule has 0 radical (unpaired) electrons. The van der Waals surface area contributed by atoms with Crippen LogP contribution in [0.3, 0.4) is 0 Å². The molecular formula is C8H9N3O2. The number of aryl methyl sites for hydroxylation is 1. The van der Waals surface area contributed by atoms with Gasteiger partial charge in [0, 0.05) is 13.0 Å². The Bertz CT molecular complexity index is 359. The molecule has 68 valence electrons. The summed E-state index contributed by atoms with van der Waals surface area (Å²) >= 11 is 0. The molecule has 0 fully saturated rings. The second kappa shape index (κ2) is 4.26. The molecule has 0 aliphatic rings. The van der Waals surface area contributed by atoms with E-state index in [1.165, 1.54) is 10.9 Å². The Morgan fingerprint density at radius 2 is 2.54 bits per heavy atom. The highest BCUT2D eigenvalue weighted by molar-refractivity contribution is 5.88. The summed E-state index contributed by atoms with van der Waals surface area (Å²) in [5.74, 6) is 4.37. The Balaban J connectivity index is 2.67. The number of rotatable bonds is 1. The number of nitrogens with zero attached hydrogens (tertiary/aromatic N) is 3. The van der Waals surface area contributed by atoms with Crippen molar-refractivity contribution in [2.75, 3.05) is 6.61 Å². The summed E-state index contributed by atoms with van der Waals surface area (Å²) in [4.78, 5) is 10.8. The molecule has 0 aromatic carbocycles. The predicted molar refractivity (Wildman–Crippen MR) is 44.5 cm³/mol. The largest absolute Gasteiger partial charge is 0.456 e. The SMILES string of the molecule is CCOC(=O)C#Cc1cnnn1C. The second-order valence-corrected chi connectivity index (χ2v) is 2.21. The molecule has 1 rings (SSSR count). The first kappa shape index (κ1) is 9.26. The van der Waals surface area contributed by atoms with Crippen LogP contribution in [-0.2, 0) is 16.6 Å². The molecule has 5 heteroatoms. The smallest absolute Gasteiger partial charge is 0.384 e. The van der Waals surface area contributed by atoms with Gasteiger partial charge in [0.2, 0.25) is 0 Å². The van der Waals surface area contributed by atoms with Gasteiger partial charge in [-0.3, -0.25) is 0 Å². The third kappa shape index (κ3) is 2.60. The summed E-state index contributed by atoms with van der Waals surface area (Å²) in [6.07, 6.45) is 1.48. The Labute approximate surface area is 75.7 Å². The molecule has 1 aromatic rings. The van der Waals surface area contributed by atoms with Crippen molar-refractivity contribution in [3.8, 4) is 11.8 Å². The molecule has 0 atom stereocenters. The van der Waals surface area contributed by atoms with E-state index in [1.54, 1.807) is 14.0 Å². The van der Waals surface area contributed by atoms with Gasteiger partial charge in [-0.2, -0.15) is 0 Å². The number of carbonyl (C=O) groups is 1. The van der Waals surface area contributed by atoms with E-state index < -0.39 is 5.97 Å². The average molecular weight is 179 g/mol. The highest BCUT2D eigenvalue weighted by Crippen LogP contribution is 1.88. The van der Waals surface area contributed by atoms with Crippen LogP contribution < -0.4 is 0 Å². The van der Waals surface area contributed by atoms with E-state index in [2.05, 4.69) is 26.9 Å². The van der Waals surface area contributed by atoms with Crippen LogP contribution in [0.1, 0.15) is 12.6 Å². The lowest BCUT2D eigenvalue weighted by Gasteiger charge is -1.91. The molecule has 0 aliphatic carbocycles. The maximum atomic E-state index is 10.8. The zero-order valence-corrected chi connectivity index (χ0v) is 7.44. The lowest BCUT2D eigenvalue weighted by atomic mass is 10.4. The summed E-state index contributed by atoms with van der Waals surface area (Å²) in [6.45, 7) is 2.06. The van der Waals surface area contributed by atoms with E-state index in [4.69, 9.17) is 0 Å².